The lowest BCUT2D eigenvalue weighted by Gasteiger charge is -2.48. The second kappa shape index (κ2) is 9.79. The van der Waals surface area contributed by atoms with Gasteiger partial charge in [-0.15, -0.1) is 0 Å². The lowest BCUT2D eigenvalue weighted by atomic mass is 9.79. The molecule has 2 aliphatic heterocycles. The number of rotatable bonds is 4. The number of imidazole rings is 1. The Balaban J connectivity index is 1.28. The molecule has 0 bridgehead atoms. The van der Waals surface area contributed by atoms with Crippen molar-refractivity contribution in [1.29, 1.82) is 0 Å². The van der Waals surface area contributed by atoms with Crippen LogP contribution in [-0.4, -0.2) is 46.7 Å². The van der Waals surface area contributed by atoms with Gasteiger partial charge in [-0.3, -0.25) is 4.90 Å². The van der Waals surface area contributed by atoms with Gasteiger partial charge in [-0.05, 0) is 69.1 Å². The van der Waals surface area contributed by atoms with Crippen molar-refractivity contribution < 1.29 is 0 Å². The predicted molar refractivity (Wildman–Crippen MR) is 145 cm³/mol. The Labute approximate surface area is 209 Å². The van der Waals surface area contributed by atoms with E-state index >= 15 is 0 Å². The number of allylic oxidation sites excluding steroid dienone is 2. The number of benzene rings is 2. The van der Waals surface area contributed by atoms with Crippen LogP contribution in [0.5, 0.6) is 0 Å². The highest BCUT2D eigenvalue weighted by atomic mass is 15.3. The molecule has 3 aromatic rings. The van der Waals surface area contributed by atoms with Crippen LogP contribution in [0.1, 0.15) is 63.0 Å². The molecule has 0 atom stereocenters. The van der Waals surface area contributed by atoms with Gasteiger partial charge in [0, 0.05) is 43.8 Å². The third kappa shape index (κ3) is 4.30. The molecule has 184 valence electrons. The van der Waals surface area contributed by atoms with Crippen LogP contribution in [0.3, 0.4) is 0 Å². The zero-order chi connectivity index (χ0) is 23.7. The molecule has 2 fully saturated rings. The van der Waals surface area contributed by atoms with E-state index in [1.165, 1.54) is 49.6 Å². The van der Waals surface area contributed by atoms with Gasteiger partial charge in [0.25, 0.3) is 0 Å². The van der Waals surface area contributed by atoms with E-state index in [1.807, 2.05) is 0 Å². The van der Waals surface area contributed by atoms with Crippen LogP contribution in [0.25, 0.3) is 11.0 Å². The van der Waals surface area contributed by atoms with Crippen molar-refractivity contribution in [3.05, 3.63) is 72.3 Å². The topological polar surface area (TPSA) is 50.3 Å². The number of nitrogens with two attached hydrogens (primary N) is 1. The first-order valence-electron chi connectivity index (χ1n) is 13.7. The van der Waals surface area contributed by atoms with Crippen molar-refractivity contribution >= 4 is 17.0 Å². The Kier molecular flexibility index (Phi) is 6.38. The molecule has 3 heterocycles. The fourth-order valence-electron chi connectivity index (χ4n) is 6.81. The SMILES string of the molecule is NC1CCN(c2nc3ccccc3n2C2CCN(C3(c4ccccc4)CCC=CCC3)CC2)CC1. The molecule has 35 heavy (non-hydrogen) atoms. The summed E-state index contributed by atoms with van der Waals surface area (Å²) in [5, 5.41) is 0. The summed E-state index contributed by atoms with van der Waals surface area (Å²) in [5.41, 5.74) is 10.3. The number of hydrogen-bond acceptors (Lipinski definition) is 4. The quantitative estimate of drug-likeness (QED) is 0.504. The zero-order valence-corrected chi connectivity index (χ0v) is 20.9. The summed E-state index contributed by atoms with van der Waals surface area (Å²) < 4.78 is 2.58. The van der Waals surface area contributed by atoms with E-state index in [2.05, 4.69) is 81.1 Å². The van der Waals surface area contributed by atoms with Crippen molar-refractivity contribution in [1.82, 2.24) is 14.5 Å². The molecule has 2 N–H and O–H groups in total. The van der Waals surface area contributed by atoms with Crippen molar-refractivity contribution in [3.63, 3.8) is 0 Å². The molecular formula is C30H39N5. The molecule has 2 saturated heterocycles. The fourth-order valence-corrected chi connectivity index (χ4v) is 6.81. The van der Waals surface area contributed by atoms with Crippen LogP contribution in [0.15, 0.2) is 66.7 Å². The molecule has 6 rings (SSSR count). The van der Waals surface area contributed by atoms with Crippen LogP contribution in [0.4, 0.5) is 5.95 Å². The van der Waals surface area contributed by atoms with Crippen molar-refractivity contribution in [2.45, 2.75) is 69.0 Å². The normalized spacial score (nSPS) is 22.5. The Morgan fingerprint density at radius 2 is 1.43 bits per heavy atom. The van der Waals surface area contributed by atoms with Gasteiger partial charge < -0.3 is 15.2 Å². The molecule has 0 unspecified atom stereocenters. The second-order valence-electron chi connectivity index (χ2n) is 10.8. The van der Waals surface area contributed by atoms with Gasteiger partial charge in [-0.25, -0.2) is 4.98 Å². The Hall–Kier alpha value is -2.63. The number of hydrogen-bond donors (Lipinski definition) is 1. The molecular weight excluding hydrogens is 430 g/mol. The van der Waals surface area contributed by atoms with Gasteiger partial charge in [0.1, 0.15) is 0 Å². The van der Waals surface area contributed by atoms with Gasteiger partial charge in [0.2, 0.25) is 5.95 Å². The van der Waals surface area contributed by atoms with Crippen LogP contribution in [-0.2, 0) is 5.54 Å². The number of likely N-dealkylation sites (tertiary alicyclic amines) is 1. The first-order valence-corrected chi connectivity index (χ1v) is 13.7. The van der Waals surface area contributed by atoms with Gasteiger partial charge in [0.15, 0.2) is 0 Å². The number of fused-ring (bicyclic) bond motifs is 1. The average molecular weight is 470 g/mol. The summed E-state index contributed by atoms with van der Waals surface area (Å²) in [7, 11) is 0. The number of aromatic nitrogens is 2. The zero-order valence-electron chi connectivity index (χ0n) is 20.9. The maximum absolute atomic E-state index is 6.22. The number of piperidine rings is 2. The van der Waals surface area contributed by atoms with Gasteiger partial charge in [-0.1, -0.05) is 54.6 Å². The minimum Gasteiger partial charge on any atom is -0.342 e. The first-order chi connectivity index (χ1) is 17.2. The van der Waals surface area contributed by atoms with Gasteiger partial charge in [0.05, 0.1) is 11.0 Å². The summed E-state index contributed by atoms with van der Waals surface area (Å²) >= 11 is 0. The fraction of sp³-hybridized carbons (Fsp3) is 0.500. The Morgan fingerprint density at radius 3 is 2.14 bits per heavy atom. The lowest BCUT2D eigenvalue weighted by Crippen LogP contribution is -2.50. The van der Waals surface area contributed by atoms with E-state index in [0.717, 1.165) is 50.5 Å². The minimum absolute atomic E-state index is 0.151. The maximum Gasteiger partial charge on any atom is 0.206 e. The molecule has 0 saturated carbocycles. The summed E-state index contributed by atoms with van der Waals surface area (Å²) in [4.78, 5) is 10.5. The molecule has 2 aromatic carbocycles. The summed E-state index contributed by atoms with van der Waals surface area (Å²) in [6.45, 7) is 4.29. The Morgan fingerprint density at radius 1 is 0.771 bits per heavy atom. The summed E-state index contributed by atoms with van der Waals surface area (Å²) in [5.74, 6) is 1.16. The van der Waals surface area contributed by atoms with Crippen LogP contribution < -0.4 is 10.6 Å². The average Bonchev–Trinajstić information content (AvgIpc) is 3.12. The molecule has 0 radical (unpaired) electrons. The van der Waals surface area contributed by atoms with E-state index in [0.29, 0.717) is 12.1 Å². The van der Waals surface area contributed by atoms with Gasteiger partial charge >= 0.3 is 0 Å². The molecule has 1 aromatic heterocycles. The lowest BCUT2D eigenvalue weighted by molar-refractivity contribution is 0.0372. The largest absolute Gasteiger partial charge is 0.342 e. The number of anilines is 1. The molecule has 5 nitrogen and oxygen atoms in total. The number of nitrogens with zero attached hydrogens (tertiary/aromatic N) is 4. The van der Waals surface area contributed by atoms with E-state index < -0.39 is 0 Å². The van der Waals surface area contributed by atoms with E-state index in [1.54, 1.807) is 0 Å². The Bertz CT molecular complexity index is 1140. The third-order valence-electron chi connectivity index (χ3n) is 8.76. The standard InChI is InChI=1S/C30H39N5/c31-25-14-20-33(21-15-25)29-32-27-12-6-7-13-28(27)35(29)26-16-22-34(23-17-26)30(18-8-1-2-9-19-30)24-10-4-3-5-11-24/h1-7,10-13,25-26H,8-9,14-23,31H2. The van der Waals surface area contributed by atoms with Crippen molar-refractivity contribution in [2.75, 3.05) is 31.1 Å². The molecule has 5 heteroatoms. The molecule has 0 spiro atoms. The van der Waals surface area contributed by atoms with Crippen LogP contribution in [0.2, 0.25) is 0 Å². The van der Waals surface area contributed by atoms with E-state index in [-0.39, 0.29) is 5.54 Å². The molecule has 1 aliphatic carbocycles. The van der Waals surface area contributed by atoms with Crippen LogP contribution >= 0.6 is 0 Å². The van der Waals surface area contributed by atoms with Gasteiger partial charge in [-0.2, -0.15) is 0 Å². The van der Waals surface area contributed by atoms with E-state index in [4.69, 9.17) is 10.7 Å². The minimum atomic E-state index is 0.151. The maximum atomic E-state index is 6.22. The summed E-state index contributed by atoms with van der Waals surface area (Å²) in [6, 6.07) is 20.8. The smallest absolute Gasteiger partial charge is 0.206 e. The highest BCUT2D eigenvalue weighted by Gasteiger charge is 2.40. The first kappa shape index (κ1) is 22.8. The predicted octanol–water partition coefficient (Wildman–Crippen LogP) is 5.63. The third-order valence-corrected chi connectivity index (χ3v) is 8.76. The number of para-hydroxylation sites is 2. The summed E-state index contributed by atoms with van der Waals surface area (Å²) in [6.07, 6.45) is 14.0. The second-order valence-corrected chi connectivity index (χ2v) is 10.8. The highest BCUT2D eigenvalue weighted by molar-refractivity contribution is 5.79. The molecule has 3 aliphatic rings. The molecule has 0 amide bonds. The highest BCUT2D eigenvalue weighted by Crippen LogP contribution is 2.43. The van der Waals surface area contributed by atoms with Crippen molar-refractivity contribution in [2.24, 2.45) is 5.73 Å². The monoisotopic (exact) mass is 469 g/mol. The van der Waals surface area contributed by atoms with Crippen molar-refractivity contribution in [3.8, 4) is 0 Å². The van der Waals surface area contributed by atoms with E-state index in [9.17, 15) is 0 Å². The van der Waals surface area contributed by atoms with Crippen LogP contribution in [0, 0.1) is 0 Å².